The second-order valence-corrected chi connectivity index (χ2v) is 16.4. The van der Waals surface area contributed by atoms with Crippen LogP contribution in [0.5, 0.6) is 0 Å². The highest BCUT2D eigenvalue weighted by Crippen LogP contribution is 2.29. The SMILES string of the molecule is CC[C@H](C)[C@@H]([C@@H](CC(=O)N1CCC[C@H]1[C@H](OC)[C@@H](C)CN[C@@H](Cc1ccccc1)C(=O)O)OC)N(C)C(=O)[C@@H](NC(=O)[C@H](C(C)C)N(C)C(C)C)C(C)C. The standard InChI is InChI=1S/C42H73N5O7/c1-14-29(8)38(46(11)41(50)36(26(2)3)44-40(49)37(27(4)5)45(10)28(6)7)34(53-12)24-35(48)47-22-18-21-33(47)39(54-13)30(9)25-43-32(42(51)52)23-31-19-16-15-17-20-31/h15-17,19-20,26-30,32-34,36-39,43H,14,18,21-25H2,1-13H3,(H,44,49)(H,51,52)/t29-,30-,32-,33-,34+,36-,37-,38-,39+/m0/s1. The van der Waals surface area contributed by atoms with Crippen LogP contribution in [0.2, 0.25) is 0 Å². The molecule has 0 unspecified atom stereocenters. The molecule has 3 amide bonds. The van der Waals surface area contributed by atoms with Gasteiger partial charge in [-0.15, -0.1) is 0 Å². The van der Waals surface area contributed by atoms with Crippen molar-refractivity contribution in [2.45, 2.75) is 143 Å². The summed E-state index contributed by atoms with van der Waals surface area (Å²) < 4.78 is 12.1. The van der Waals surface area contributed by atoms with Crippen molar-refractivity contribution in [2.75, 3.05) is 41.4 Å². The van der Waals surface area contributed by atoms with Crippen LogP contribution in [0.15, 0.2) is 30.3 Å². The van der Waals surface area contributed by atoms with Crippen molar-refractivity contribution in [3.05, 3.63) is 35.9 Å². The van der Waals surface area contributed by atoms with Crippen molar-refractivity contribution in [3.63, 3.8) is 0 Å². The van der Waals surface area contributed by atoms with Gasteiger partial charge >= 0.3 is 5.97 Å². The normalized spacial score (nSPS) is 19.4. The average molecular weight is 760 g/mol. The van der Waals surface area contributed by atoms with Crippen LogP contribution in [0, 0.1) is 23.7 Å². The maximum Gasteiger partial charge on any atom is 0.321 e. The highest BCUT2D eigenvalue weighted by atomic mass is 16.5. The predicted octanol–water partition coefficient (Wildman–Crippen LogP) is 4.70. The fourth-order valence-corrected chi connectivity index (χ4v) is 8.02. The molecule has 1 aromatic rings. The Morgan fingerprint density at radius 2 is 1.56 bits per heavy atom. The summed E-state index contributed by atoms with van der Waals surface area (Å²) in [5.74, 6) is -1.57. The summed E-state index contributed by atoms with van der Waals surface area (Å²) in [5.41, 5.74) is 0.940. The van der Waals surface area contributed by atoms with E-state index in [2.05, 4.69) is 24.5 Å². The molecule has 0 aliphatic carbocycles. The summed E-state index contributed by atoms with van der Waals surface area (Å²) >= 11 is 0. The monoisotopic (exact) mass is 760 g/mol. The Morgan fingerprint density at radius 3 is 2.06 bits per heavy atom. The maximum absolute atomic E-state index is 14.3. The number of methoxy groups -OCH3 is 2. The summed E-state index contributed by atoms with van der Waals surface area (Å²) in [7, 11) is 6.93. The van der Waals surface area contributed by atoms with Crippen LogP contribution in [0.25, 0.3) is 0 Å². The largest absolute Gasteiger partial charge is 0.480 e. The van der Waals surface area contributed by atoms with Gasteiger partial charge in [-0.1, -0.05) is 85.2 Å². The van der Waals surface area contributed by atoms with Crippen molar-refractivity contribution < 1.29 is 33.8 Å². The van der Waals surface area contributed by atoms with E-state index in [0.29, 0.717) is 19.5 Å². The van der Waals surface area contributed by atoms with Gasteiger partial charge in [-0.2, -0.15) is 0 Å². The number of carbonyl (C=O) groups excluding carboxylic acids is 3. The molecule has 1 saturated heterocycles. The van der Waals surface area contributed by atoms with E-state index in [1.807, 2.05) is 95.6 Å². The minimum atomic E-state index is -0.914. The number of nitrogens with one attached hydrogen (secondary N) is 2. The highest BCUT2D eigenvalue weighted by Gasteiger charge is 2.42. The Labute approximate surface area is 326 Å². The quantitative estimate of drug-likeness (QED) is 0.145. The Kier molecular flexibility index (Phi) is 19.6. The fourth-order valence-electron chi connectivity index (χ4n) is 8.02. The molecule has 1 aliphatic rings. The smallest absolute Gasteiger partial charge is 0.321 e. The first-order valence-electron chi connectivity index (χ1n) is 20.1. The van der Waals surface area contributed by atoms with Crippen LogP contribution in [0.1, 0.15) is 93.6 Å². The van der Waals surface area contributed by atoms with E-state index in [-0.39, 0.29) is 66.0 Å². The van der Waals surface area contributed by atoms with Crippen molar-refractivity contribution in [3.8, 4) is 0 Å². The van der Waals surface area contributed by atoms with Crippen LogP contribution >= 0.6 is 0 Å². The van der Waals surface area contributed by atoms with Crippen molar-refractivity contribution in [1.82, 2.24) is 25.3 Å². The van der Waals surface area contributed by atoms with Gasteiger partial charge in [0.2, 0.25) is 17.7 Å². The lowest BCUT2D eigenvalue weighted by Gasteiger charge is -2.41. The van der Waals surface area contributed by atoms with Gasteiger partial charge in [0.1, 0.15) is 12.1 Å². The molecule has 0 bridgehead atoms. The Balaban J connectivity index is 2.25. The number of likely N-dealkylation sites (tertiary alicyclic amines) is 1. The van der Waals surface area contributed by atoms with Crippen LogP contribution in [-0.4, -0.2) is 133 Å². The van der Waals surface area contributed by atoms with E-state index in [9.17, 15) is 24.3 Å². The van der Waals surface area contributed by atoms with Crippen LogP contribution in [-0.2, 0) is 35.1 Å². The molecule has 3 N–H and O–H groups in total. The predicted molar refractivity (Wildman–Crippen MR) is 214 cm³/mol. The molecule has 1 aliphatic heterocycles. The number of hydrogen-bond donors (Lipinski definition) is 3. The summed E-state index contributed by atoms with van der Waals surface area (Å²) in [6, 6.07) is 7.19. The Morgan fingerprint density at radius 1 is 0.926 bits per heavy atom. The molecule has 0 spiro atoms. The number of aliphatic carboxylic acids is 1. The minimum Gasteiger partial charge on any atom is -0.480 e. The Bertz CT molecular complexity index is 1310. The van der Waals surface area contributed by atoms with E-state index >= 15 is 0 Å². The molecule has 0 saturated carbocycles. The van der Waals surface area contributed by atoms with Crippen LogP contribution in [0.4, 0.5) is 0 Å². The number of carboxylic acids is 1. The zero-order chi connectivity index (χ0) is 40.9. The molecule has 0 radical (unpaired) electrons. The summed E-state index contributed by atoms with van der Waals surface area (Å²) in [4.78, 5) is 60.0. The van der Waals surface area contributed by atoms with Crippen LogP contribution in [0.3, 0.4) is 0 Å². The zero-order valence-electron chi connectivity index (χ0n) is 35.5. The third-order valence-corrected chi connectivity index (χ3v) is 11.6. The third-order valence-electron chi connectivity index (χ3n) is 11.6. The number of amides is 3. The molecule has 0 aromatic heterocycles. The molecule has 1 fully saturated rings. The van der Waals surface area contributed by atoms with Crippen molar-refractivity contribution in [1.29, 1.82) is 0 Å². The maximum atomic E-state index is 14.3. The number of hydrogen-bond acceptors (Lipinski definition) is 8. The van der Waals surface area contributed by atoms with Gasteiger partial charge in [0.25, 0.3) is 0 Å². The molecule has 54 heavy (non-hydrogen) atoms. The zero-order valence-corrected chi connectivity index (χ0v) is 35.5. The van der Waals surface area contributed by atoms with Gasteiger partial charge in [-0.05, 0) is 69.4 Å². The number of likely N-dealkylation sites (N-methyl/N-ethyl adjacent to an activating group) is 2. The molecule has 1 heterocycles. The first kappa shape index (κ1) is 47.1. The number of nitrogens with zero attached hydrogens (tertiary/aromatic N) is 3. The van der Waals surface area contributed by atoms with E-state index in [1.54, 1.807) is 26.2 Å². The number of carboxylic acid groups (broad SMARTS) is 1. The molecule has 308 valence electrons. The van der Waals surface area contributed by atoms with E-state index in [0.717, 1.165) is 24.8 Å². The number of carbonyl (C=O) groups is 4. The van der Waals surface area contributed by atoms with Gasteiger partial charge in [-0.25, -0.2) is 0 Å². The first-order chi connectivity index (χ1) is 25.4. The third kappa shape index (κ3) is 12.7. The number of rotatable bonds is 23. The van der Waals surface area contributed by atoms with Crippen molar-refractivity contribution >= 4 is 23.7 Å². The molecular weight excluding hydrogens is 686 g/mol. The average Bonchev–Trinajstić information content (AvgIpc) is 3.61. The second kappa shape index (κ2) is 22.5. The fraction of sp³-hybridized carbons (Fsp3) is 0.762. The lowest BCUT2D eigenvalue weighted by atomic mass is 9.89. The van der Waals surface area contributed by atoms with Gasteiger partial charge < -0.3 is 35.0 Å². The number of benzene rings is 1. The molecular formula is C42H73N5O7. The molecule has 1 aromatic carbocycles. The second-order valence-electron chi connectivity index (χ2n) is 16.4. The number of ether oxygens (including phenoxy) is 2. The lowest BCUT2D eigenvalue weighted by Crippen LogP contribution is -2.60. The molecule has 9 atom stereocenters. The van der Waals surface area contributed by atoms with Crippen LogP contribution < -0.4 is 10.6 Å². The lowest BCUT2D eigenvalue weighted by molar-refractivity contribution is -0.147. The molecule has 2 rings (SSSR count). The van der Waals surface area contributed by atoms with Gasteiger partial charge in [0.05, 0.1) is 36.8 Å². The van der Waals surface area contributed by atoms with E-state index in [4.69, 9.17) is 9.47 Å². The van der Waals surface area contributed by atoms with Gasteiger partial charge in [-0.3, -0.25) is 24.1 Å². The van der Waals surface area contributed by atoms with Gasteiger partial charge in [0, 0.05) is 40.4 Å². The van der Waals surface area contributed by atoms with Gasteiger partial charge in [0.15, 0.2) is 0 Å². The summed E-state index contributed by atoms with van der Waals surface area (Å²) in [6.45, 7) is 19.1. The van der Waals surface area contributed by atoms with E-state index in [1.165, 1.54) is 0 Å². The minimum absolute atomic E-state index is 0.000892. The summed E-state index contributed by atoms with van der Waals surface area (Å²) in [6.07, 6.45) is 1.89. The Hall–Kier alpha value is -3.06. The highest BCUT2D eigenvalue weighted by molar-refractivity contribution is 5.90. The van der Waals surface area contributed by atoms with E-state index < -0.39 is 36.2 Å². The molecule has 12 heteroatoms. The van der Waals surface area contributed by atoms with Crippen molar-refractivity contribution in [2.24, 2.45) is 23.7 Å². The molecule has 12 nitrogen and oxygen atoms in total. The topological polar surface area (TPSA) is 141 Å². The summed E-state index contributed by atoms with van der Waals surface area (Å²) in [5, 5.41) is 16.3. The first-order valence-corrected chi connectivity index (χ1v) is 20.1.